The van der Waals surface area contributed by atoms with Crippen molar-refractivity contribution < 1.29 is 13.2 Å². The van der Waals surface area contributed by atoms with Gasteiger partial charge in [0.15, 0.2) is 0 Å². The van der Waals surface area contributed by atoms with Gasteiger partial charge in [-0.2, -0.15) is 0 Å². The lowest BCUT2D eigenvalue weighted by molar-refractivity contribution is -0.117. The van der Waals surface area contributed by atoms with Crippen LogP contribution < -0.4 is 15.4 Å². The van der Waals surface area contributed by atoms with Crippen LogP contribution in [0.1, 0.15) is 40.0 Å². The van der Waals surface area contributed by atoms with E-state index in [0.717, 1.165) is 12.1 Å². The third-order valence-electron chi connectivity index (χ3n) is 4.22. The van der Waals surface area contributed by atoms with Crippen LogP contribution in [0.2, 0.25) is 0 Å². The van der Waals surface area contributed by atoms with Gasteiger partial charge in [-0.15, -0.1) is 0 Å². The molecule has 3 N–H and O–H groups in total. The molecule has 1 unspecified atom stereocenters. The van der Waals surface area contributed by atoms with Crippen molar-refractivity contribution in [3.63, 3.8) is 0 Å². The zero-order valence-electron chi connectivity index (χ0n) is 14.6. The second kappa shape index (κ2) is 7.21. The molecular weight excluding hydrogens is 326 g/mol. The van der Waals surface area contributed by atoms with Crippen LogP contribution in [0.25, 0.3) is 0 Å². The van der Waals surface area contributed by atoms with Crippen LogP contribution in [0.5, 0.6) is 0 Å². The Kier molecular flexibility index (Phi) is 5.67. The zero-order chi connectivity index (χ0) is 18.0. The smallest absolute Gasteiger partial charge is 0.241 e. The molecule has 1 fully saturated rings. The fraction of sp³-hybridized carbons (Fsp3) is 0.588. The molecule has 1 aliphatic heterocycles. The quantitative estimate of drug-likeness (QED) is 0.782. The first-order chi connectivity index (χ1) is 11.2. The number of nitrogens with zero attached hydrogens (tertiary/aromatic N) is 1. The average molecular weight is 353 g/mol. The molecule has 1 atom stereocenters. The molecule has 1 aliphatic rings. The number of rotatable bonds is 7. The van der Waals surface area contributed by atoms with Crippen LogP contribution in [0.15, 0.2) is 29.2 Å². The molecule has 24 heavy (non-hydrogen) atoms. The molecule has 1 heterocycles. The van der Waals surface area contributed by atoms with Gasteiger partial charge in [0.25, 0.3) is 0 Å². The Balaban J connectivity index is 2.18. The molecule has 0 bridgehead atoms. The lowest BCUT2D eigenvalue weighted by atomic mass is 9.92. The first-order valence-electron chi connectivity index (χ1n) is 8.31. The van der Waals surface area contributed by atoms with E-state index in [1.54, 1.807) is 17.0 Å². The zero-order valence-corrected chi connectivity index (χ0v) is 15.4. The number of carbonyl (C=O) groups excluding carboxylic acids is 1. The fourth-order valence-electron chi connectivity index (χ4n) is 3.18. The van der Waals surface area contributed by atoms with E-state index >= 15 is 0 Å². The van der Waals surface area contributed by atoms with Crippen LogP contribution in [0, 0.1) is 5.92 Å². The van der Waals surface area contributed by atoms with Crippen molar-refractivity contribution in [1.29, 1.82) is 0 Å². The number of sulfonamides is 1. The highest BCUT2D eigenvalue weighted by Crippen LogP contribution is 2.24. The van der Waals surface area contributed by atoms with Crippen molar-refractivity contribution in [2.75, 3.05) is 18.0 Å². The van der Waals surface area contributed by atoms with Gasteiger partial charge in [0.2, 0.25) is 15.9 Å². The van der Waals surface area contributed by atoms with E-state index in [2.05, 4.69) is 4.72 Å². The molecule has 1 saturated heterocycles. The minimum Gasteiger partial charge on any atom is -0.329 e. The lowest BCUT2D eigenvalue weighted by Crippen LogP contribution is -2.51. The second-order valence-electron chi connectivity index (χ2n) is 7.11. The number of amides is 1. The third-order valence-corrected chi connectivity index (χ3v) is 5.88. The Bertz CT molecular complexity index is 686. The van der Waals surface area contributed by atoms with Gasteiger partial charge in [-0.25, -0.2) is 13.1 Å². The van der Waals surface area contributed by atoms with E-state index in [-0.39, 0.29) is 17.3 Å². The number of anilines is 1. The maximum atomic E-state index is 12.6. The van der Waals surface area contributed by atoms with E-state index in [9.17, 15) is 13.2 Å². The molecule has 6 nitrogen and oxygen atoms in total. The summed E-state index contributed by atoms with van der Waals surface area (Å²) >= 11 is 0. The van der Waals surface area contributed by atoms with E-state index in [4.69, 9.17) is 5.73 Å². The second-order valence-corrected chi connectivity index (χ2v) is 8.79. The van der Waals surface area contributed by atoms with Gasteiger partial charge in [0.05, 0.1) is 4.90 Å². The van der Waals surface area contributed by atoms with Gasteiger partial charge in [0.1, 0.15) is 0 Å². The van der Waals surface area contributed by atoms with Crippen molar-refractivity contribution in [1.82, 2.24) is 4.72 Å². The Hall–Kier alpha value is -1.44. The molecule has 1 aromatic carbocycles. The Morgan fingerprint density at radius 3 is 2.38 bits per heavy atom. The molecule has 1 aromatic rings. The summed E-state index contributed by atoms with van der Waals surface area (Å²) in [5.74, 6) is 0.404. The van der Waals surface area contributed by atoms with Crippen molar-refractivity contribution >= 4 is 21.6 Å². The van der Waals surface area contributed by atoms with Crippen LogP contribution in [0.4, 0.5) is 5.69 Å². The monoisotopic (exact) mass is 353 g/mol. The lowest BCUT2D eigenvalue weighted by Gasteiger charge is -2.30. The summed E-state index contributed by atoms with van der Waals surface area (Å²) in [5, 5.41) is 0. The number of hydrogen-bond acceptors (Lipinski definition) is 4. The van der Waals surface area contributed by atoms with Gasteiger partial charge in [-0.1, -0.05) is 13.8 Å². The minimum absolute atomic E-state index is 0.0800. The summed E-state index contributed by atoms with van der Waals surface area (Å²) in [5.41, 5.74) is 5.84. The van der Waals surface area contributed by atoms with Gasteiger partial charge < -0.3 is 10.6 Å². The van der Waals surface area contributed by atoms with E-state index in [1.807, 2.05) is 20.8 Å². The number of hydrogen-bond donors (Lipinski definition) is 2. The van der Waals surface area contributed by atoms with Gasteiger partial charge >= 0.3 is 0 Å². The van der Waals surface area contributed by atoms with Gasteiger partial charge in [-0.05, 0) is 49.9 Å². The molecule has 0 aliphatic carbocycles. The van der Waals surface area contributed by atoms with E-state index in [0.29, 0.717) is 25.3 Å². The standard InChI is InChI=1S/C17H27N3O3S/c1-13(2)11-17(3,12-18)19-24(22,23)15-8-6-14(7-9-15)20-10-4-5-16(20)21/h6-9,13,19H,4-5,10-12,18H2,1-3H3. The summed E-state index contributed by atoms with van der Waals surface area (Å²) < 4.78 is 28.0. The highest BCUT2D eigenvalue weighted by Gasteiger charge is 2.30. The summed E-state index contributed by atoms with van der Waals surface area (Å²) in [4.78, 5) is 13.6. The van der Waals surface area contributed by atoms with Crippen molar-refractivity contribution in [3.8, 4) is 0 Å². The Labute approximate surface area is 144 Å². The van der Waals surface area contributed by atoms with Crippen LogP contribution in [0.3, 0.4) is 0 Å². The largest absolute Gasteiger partial charge is 0.329 e. The average Bonchev–Trinajstić information content (AvgIpc) is 2.92. The van der Waals surface area contributed by atoms with E-state index in [1.165, 1.54) is 12.1 Å². The van der Waals surface area contributed by atoms with Crippen LogP contribution in [-0.4, -0.2) is 33.0 Å². The molecule has 1 amide bonds. The fourth-order valence-corrected chi connectivity index (χ4v) is 4.61. The molecule has 0 radical (unpaired) electrons. The summed E-state index contributed by atoms with van der Waals surface area (Å²) in [6.45, 7) is 6.80. The highest BCUT2D eigenvalue weighted by molar-refractivity contribution is 7.89. The topological polar surface area (TPSA) is 92.5 Å². The molecule has 7 heteroatoms. The van der Waals surface area contributed by atoms with Gasteiger partial charge in [0, 0.05) is 30.7 Å². The molecular formula is C17H27N3O3S. The maximum absolute atomic E-state index is 12.6. The van der Waals surface area contributed by atoms with Crippen molar-refractivity contribution in [2.24, 2.45) is 11.7 Å². The third kappa shape index (κ3) is 4.34. The summed E-state index contributed by atoms with van der Waals surface area (Å²) in [7, 11) is -3.66. The number of nitrogens with one attached hydrogen (secondary N) is 1. The molecule has 0 saturated carbocycles. The normalized spacial score (nSPS) is 18.2. The number of benzene rings is 1. The molecule has 0 spiro atoms. The summed E-state index contributed by atoms with van der Waals surface area (Å²) in [6, 6.07) is 6.44. The number of nitrogens with two attached hydrogens (primary N) is 1. The molecule has 2 rings (SSSR count). The molecule has 0 aromatic heterocycles. The predicted molar refractivity (Wildman–Crippen MR) is 95.3 cm³/mol. The number of carbonyl (C=O) groups is 1. The predicted octanol–water partition coefficient (Wildman–Crippen LogP) is 1.86. The van der Waals surface area contributed by atoms with Gasteiger partial charge in [-0.3, -0.25) is 4.79 Å². The Morgan fingerprint density at radius 2 is 1.92 bits per heavy atom. The first kappa shape index (κ1) is 18.9. The maximum Gasteiger partial charge on any atom is 0.241 e. The van der Waals surface area contributed by atoms with Crippen LogP contribution in [-0.2, 0) is 14.8 Å². The van der Waals surface area contributed by atoms with Crippen molar-refractivity contribution in [2.45, 2.75) is 50.5 Å². The van der Waals surface area contributed by atoms with E-state index < -0.39 is 15.6 Å². The Morgan fingerprint density at radius 1 is 1.29 bits per heavy atom. The first-order valence-corrected chi connectivity index (χ1v) is 9.80. The molecule has 134 valence electrons. The SMILES string of the molecule is CC(C)CC(C)(CN)NS(=O)(=O)c1ccc(N2CCCC2=O)cc1. The summed E-state index contributed by atoms with van der Waals surface area (Å²) in [6.07, 6.45) is 2.04. The van der Waals surface area contributed by atoms with Crippen LogP contribution >= 0.6 is 0 Å². The minimum atomic E-state index is -3.66. The highest BCUT2D eigenvalue weighted by atomic mass is 32.2. The van der Waals surface area contributed by atoms with Crippen molar-refractivity contribution in [3.05, 3.63) is 24.3 Å².